The summed E-state index contributed by atoms with van der Waals surface area (Å²) in [6, 6.07) is 11.0. The lowest BCUT2D eigenvalue weighted by Crippen LogP contribution is -2.11. The second kappa shape index (κ2) is 6.88. The molecule has 0 fully saturated rings. The average molecular weight is 344 g/mol. The highest BCUT2D eigenvalue weighted by Crippen LogP contribution is 2.24. The first-order valence-electron chi connectivity index (χ1n) is 7.43. The molecule has 0 amide bonds. The smallest absolute Gasteiger partial charge is 0.316 e. The minimum atomic E-state index is -0.877. The van der Waals surface area contributed by atoms with Gasteiger partial charge in [-0.05, 0) is 50.2 Å². The lowest BCUT2D eigenvalue weighted by atomic mass is 10.2. The van der Waals surface area contributed by atoms with E-state index in [-0.39, 0.29) is 0 Å². The van der Waals surface area contributed by atoms with E-state index in [0.717, 1.165) is 11.3 Å². The van der Waals surface area contributed by atoms with Crippen molar-refractivity contribution in [3.63, 3.8) is 0 Å². The van der Waals surface area contributed by atoms with Crippen molar-refractivity contribution < 1.29 is 14.6 Å². The van der Waals surface area contributed by atoms with Crippen LogP contribution in [0.25, 0.3) is 17.0 Å². The number of aromatic nitrogens is 4. The molecule has 8 heteroatoms. The molecule has 1 unspecified atom stereocenters. The highest BCUT2D eigenvalue weighted by atomic mass is 32.2. The van der Waals surface area contributed by atoms with Crippen molar-refractivity contribution in [1.29, 1.82) is 0 Å². The summed E-state index contributed by atoms with van der Waals surface area (Å²) >= 11 is 1.18. The Labute approximate surface area is 142 Å². The normalized spacial score (nSPS) is 12.2. The zero-order valence-electron chi connectivity index (χ0n) is 13.2. The zero-order chi connectivity index (χ0) is 17.1. The van der Waals surface area contributed by atoms with Gasteiger partial charge in [-0.15, -0.1) is 10.2 Å². The molecule has 1 N–H and O–H groups in total. The van der Waals surface area contributed by atoms with Gasteiger partial charge in [0.05, 0.1) is 6.61 Å². The first kappa shape index (κ1) is 16.3. The van der Waals surface area contributed by atoms with Crippen LogP contribution in [0.5, 0.6) is 5.75 Å². The fourth-order valence-corrected chi connectivity index (χ4v) is 2.85. The van der Waals surface area contributed by atoms with Crippen molar-refractivity contribution in [1.82, 2.24) is 19.8 Å². The van der Waals surface area contributed by atoms with Crippen LogP contribution in [-0.2, 0) is 4.79 Å². The van der Waals surface area contributed by atoms with Crippen LogP contribution in [0.2, 0.25) is 0 Å². The number of benzene rings is 1. The SMILES string of the molecule is CCOc1ccc(-c2nnc3ccc(SC(C)C(=O)O)nn23)cc1. The molecule has 24 heavy (non-hydrogen) atoms. The summed E-state index contributed by atoms with van der Waals surface area (Å²) in [4.78, 5) is 11.0. The van der Waals surface area contributed by atoms with Gasteiger partial charge in [-0.3, -0.25) is 4.79 Å². The first-order valence-corrected chi connectivity index (χ1v) is 8.31. The molecule has 0 saturated heterocycles. The van der Waals surface area contributed by atoms with Crippen molar-refractivity contribution in [3.05, 3.63) is 36.4 Å². The summed E-state index contributed by atoms with van der Waals surface area (Å²) in [6.45, 7) is 4.16. The number of carboxylic acid groups (broad SMARTS) is 1. The van der Waals surface area contributed by atoms with Crippen molar-refractivity contribution in [3.8, 4) is 17.1 Å². The number of thioether (sulfide) groups is 1. The average Bonchev–Trinajstić information content (AvgIpc) is 2.99. The van der Waals surface area contributed by atoms with Gasteiger partial charge in [0.2, 0.25) is 0 Å². The Bertz CT molecular complexity index is 863. The van der Waals surface area contributed by atoms with Gasteiger partial charge < -0.3 is 9.84 Å². The summed E-state index contributed by atoms with van der Waals surface area (Å²) in [5, 5.41) is 21.8. The van der Waals surface area contributed by atoms with Crippen LogP contribution in [0, 0.1) is 0 Å². The fraction of sp³-hybridized carbons (Fsp3) is 0.250. The monoisotopic (exact) mass is 344 g/mol. The van der Waals surface area contributed by atoms with Crippen molar-refractivity contribution in [2.45, 2.75) is 24.1 Å². The molecule has 1 atom stereocenters. The van der Waals surface area contributed by atoms with Crippen molar-refractivity contribution >= 4 is 23.4 Å². The molecule has 2 aromatic heterocycles. The topological polar surface area (TPSA) is 89.6 Å². The van der Waals surface area contributed by atoms with Gasteiger partial charge in [-0.25, -0.2) is 0 Å². The van der Waals surface area contributed by atoms with Crippen LogP contribution in [0.3, 0.4) is 0 Å². The lowest BCUT2D eigenvalue weighted by Gasteiger charge is -2.06. The molecule has 0 saturated carbocycles. The van der Waals surface area contributed by atoms with E-state index in [9.17, 15) is 4.79 Å². The molecule has 0 aliphatic carbocycles. The van der Waals surface area contributed by atoms with E-state index >= 15 is 0 Å². The predicted molar refractivity (Wildman–Crippen MR) is 90.3 cm³/mol. The summed E-state index contributed by atoms with van der Waals surface area (Å²) in [7, 11) is 0. The number of fused-ring (bicyclic) bond motifs is 1. The standard InChI is InChI=1S/C16H16N4O3S/c1-3-23-12-6-4-11(5-7-12)15-18-17-13-8-9-14(19-20(13)15)24-10(2)16(21)22/h4-10H,3H2,1-2H3,(H,21,22). The predicted octanol–water partition coefficient (Wildman–Crippen LogP) is 2.76. The van der Waals surface area contributed by atoms with Crippen LogP contribution < -0.4 is 4.74 Å². The van der Waals surface area contributed by atoms with E-state index in [4.69, 9.17) is 9.84 Å². The molecule has 1 aromatic carbocycles. The molecule has 0 spiro atoms. The summed E-state index contributed by atoms with van der Waals surface area (Å²) in [5.41, 5.74) is 1.46. The van der Waals surface area contributed by atoms with Gasteiger partial charge in [0, 0.05) is 5.56 Å². The Hall–Kier alpha value is -2.61. The third kappa shape index (κ3) is 3.33. The highest BCUT2D eigenvalue weighted by molar-refractivity contribution is 8.00. The second-order valence-electron chi connectivity index (χ2n) is 5.02. The van der Waals surface area contributed by atoms with Gasteiger partial charge in [-0.1, -0.05) is 11.8 Å². The molecular weight excluding hydrogens is 328 g/mol. The number of hydrogen-bond acceptors (Lipinski definition) is 6. The Morgan fingerprint density at radius 2 is 2.00 bits per heavy atom. The number of nitrogens with zero attached hydrogens (tertiary/aromatic N) is 4. The van der Waals surface area contributed by atoms with Crippen LogP contribution in [0.4, 0.5) is 0 Å². The molecule has 3 rings (SSSR count). The number of rotatable bonds is 6. The molecule has 3 aromatic rings. The Morgan fingerprint density at radius 1 is 1.25 bits per heavy atom. The quantitative estimate of drug-likeness (QED) is 0.688. The third-order valence-corrected chi connectivity index (χ3v) is 4.32. The molecule has 0 radical (unpaired) electrons. The fourth-order valence-electron chi connectivity index (χ4n) is 2.11. The molecule has 0 aliphatic rings. The second-order valence-corrected chi connectivity index (χ2v) is 6.38. The summed E-state index contributed by atoms with van der Waals surface area (Å²) in [5.74, 6) is 0.505. The summed E-state index contributed by atoms with van der Waals surface area (Å²) < 4.78 is 7.05. The van der Waals surface area contributed by atoms with Crippen LogP contribution in [-0.4, -0.2) is 42.7 Å². The maximum absolute atomic E-state index is 11.0. The Kier molecular flexibility index (Phi) is 4.66. The summed E-state index contributed by atoms with van der Waals surface area (Å²) in [6.07, 6.45) is 0. The van der Waals surface area contributed by atoms with Crippen LogP contribution in [0.1, 0.15) is 13.8 Å². The van der Waals surface area contributed by atoms with Crippen LogP contribution in [0.15, 0.2) is 41.4 Å². The Morgan fingerprint density at radius 3 is 2.67 bits per heavy atom. The van der Waals surface area contributed by atoms with Crippen LogP contribution >= 0.6 is 11.8 Å². The van der Waals surface area contributed by atoms with E-state index in [2.05, 4.69) is 15.3 Å². The lowest BCUT2D eigenvalue weighted by molar-refractivity contribution is -0.136. The van der Waals surface area contributed by atoms with E-state index in [0.29, 0.717) is 23.1 Å². The van der Waals surface area contributed by atoms with Gasteiger partial charge in [0.1, 0.15) is 16.0 Å². The van der Waals surface area contributed by atoms with Gasteiger partial charge >= 0.3 is 5.97 Å². The number of carboxylic acids is 1. The molecule has 0 aliphatic heterocycles. The molecular formula is C16H16N4O3S. The van der Waals surface area contributed by atoms with Crippen molar-refractivity contribution in [2.24, 2.45) is 0 Å². The van der Waals surface area contributed by atoms with Gasteiger partial charge in [0.15, 0.2) is 11.5 Å². The van der Waals surface area contributed by atoms with Gasteiger partial charge in [0.25, 0.3) is 0 Å². The molecule has 124 valence electrons. The third-order valence-electron chi connectivity index (χ3n) is 3.31. The number of ether oxygens (including phenoxy) is 1. The number of hydrogen-bond donors (Lipinski definition) is 1. The maximum Gasteiger partial charge on any atom is 0.316 e. The zero-order valence-corrected chi connectivity index (χ0v) is 14.0. The maximum atomic E-state index is 11.0. The molecule has 2 heterocycles. The van der Waals surface area contributed by atoms with E-state index < -0.39 is 11.2 Å². The van der Waals surface area contributed by atoms with E-state index in [1.54, 1.807) is 23.6 Å². The van der Waals surface area contributed by atoms with Crippen molar-refractivity contribution in [2.75, 3.05) is 6.61 Å². The molecule has 0 bridgehead atoms. The van der Waals surface area contributed by atoms with E-state index in [1.807, 2.05) is 31.2 Å². The molecule has 7 nitrogen and oxygen atoms in total. The Balaban J connectivity index is 1.94. The first-order chi connectivity index (χ1) is 11.6. The van der Waals surface area contributed by atoms with Gasteiger partial charge in [-0.2, -0.15) is 9.61 Å². The van der Waals surface area contributed by atoms with E-state index in [1.165, 1.54) is 11.8 Å². The minimum Gasteiger partial charge on any atom is -0.494 e. The number of aliphatic carboxylic acids is 1. The largest absolute Gasteiger partial charge is 0.494 e. The number of carbonyl (C=O) groups is 1. The highest BCUT2D eigenvalue weighted by Gasteiger charge is 2.15. The minimum absolute atomic E-state index is 0.583.